The van der Waals surface area contributed by atoms with E-state index >= 15 is 0 Å². The van der Waals surface area contributed by atoms with Gasteiger partial charge in [0.2, 0.25) is 11.8 Å². The largest absolute Gasteiger partial charge is 0.388 e. The number of carbonyl (C=O) groups excluding carboxylic acids is 1. The third-order valence-corrected chi connectivity index (χ3v) is 5.27. The number of aliphatic hydroxyl groups is 1. The topological polar surface area (TPSA) is 97.3 Å². The lowest BCUT2D eigenvalue weighted by Crippen LogP contribution is -2.51. The fraction of sp³-hybridized carbons (Fsp3) is 0.667. The first-order valence-corrected chi connectivity index (χ1v) is 9.24. The molecule has 0 spiro atoms. The van der Waals surface area contributed by atoms with Crippen molar-refractivity contribution >= 4 is 5.91 Å². The molecular formula is C18H25N5O3. The minimum atomic E-state index is -1.01. The zero-order valence-corrected chi connectivity index (χ0v) is 15.3. The van der Waals surface area contributed by atoms with Crippen molar-refractivity contribution in [1.29, 1.82) is 0 Å². The molecular weight excluding hydrogens is 334 g/mol. The fourth-order valence-corrected chi connectivity index (χ4v) is 3.70. The van der Waals surface area contributed by atoms with Crippen molar-refractivity contribution in [3.63, 3.8) is 0 Å². The van der Waals surface area contributed by atoms with Gasteiger partial charge in [-0.3, -0.25) is 9.48 Å². The van der Waals surface area contributed by atoms with Crippen LogP contribution in [0.15, 0.2) is 10.7 Å². The van der Waals surface area contributed by atoms with Crippen molar-refractivity contribution in [2.24, 2.45) is 7.05 Å². The molecule has 8 heteroatoms. The second-order valence-corrected chi connectivity index (χ2v) is 7.73. The van der Waals surface area contributed by atoms with Gasteiger partial charge in [-0.05, 0) is 32.6 Å². The highest BCUT2D eigenvalue weighted by molar-refractivity contribution is 5.79. The number of hydrogen-bond acceptors (Lipinski definition) is 6. The number of nitrogens with zero attached hydrogens (tertiary/aromatic N) is 5. The van der Waals surface area contributed by atoms with Crippen LogP contribution in [0.2, 0.25) is 0 Å². The average Bonchev–Trinajstić information content (AvgIpc) is 3.25. The van der Waals surface area contributed by atoms with E-state index in [1.165, 1.54) is 0 Å². The Morgan fingerprint density at radius 2 is 2.27 bits per heavy atom. The number of β-amino-alcohol motifs (C(OH)–C–C–N with tert-alkyl or cyclic N) is 1. The minimum absolute atomic E-state index is 0.0171. The van der Waals surface area contributed by atoms with E-state index in [0.29, 0.717) is 44.2 Å². The number of likely N-dealkylation sites (tertiary alicyclic amines) is 1. The summed E-state index contributed by atoms with van der Waals surface area (Å²) in [6.07, 6.45) is 6.09. The van der Waals surface area contributed by atoms with E-state index in [2.05, 4.69) is 15.2 Å². The molecule has 0 aromatic carbocycles. The summed E-state index contributed by atoms with van der Waals surface area (Å²) in [4.78, 5) is 18.9. The molecule has 2 aromatic rings. The normalized spacial score (nSPS) is 23.4. The first-order valence-electron chi connectivity index (χ1n) is 9.24. The molecule has 26 heavy (non-hydrogen) atoms. The number of aromatic nitrogens is 4. The van der Waals surface area contributed by atoms with E-state index in [-0.39, 0.29) is 5.91 Å². The summed E-state index contributed by atoms with van der Waals surface area (Å²) in [6, 6.07) is 0. The fourth-order valence-electron chi connectivity index (χ4n) is 3.70. The van der Waals surface area contributed by atoms with Crippen molar-refractivity contribution < 1.29 is 14.4 Å². The van der Waals surface area contributed by atoms with Crippen LogP contribution in [-0.4, -0.2) is 54.5 Å². The van der Waals surface area contributed by atoms with Gasteiger partial charge in [0.15, 0.2) is 5.82 Å². The maximum atomic E-state index is 12.7. The van der Waals surface area contributed by atoms with E-state index in [1.54, 1.807) is 9.58 Å². The maximum absolute atomic E-state index is 12.7. The first-order chi connectivity index (χ1) is 12.4. The Bertz CT molecular complexity index is 810. The van der Waals surface area contributed by atoms with E-state index in [0.717, 1.165) is 36.3 Å². The van der Waals surface area contributed by atoms with Crippen LogP contribution in [-0.2, 0) is 24.7 Å². The SMILES string of the molecule is Cc1nn(C)cc1CC(=O)N1CCCC(O)(Cc2nc(C3CC3)no2)C1. The highest BCUT2D eigenvalue weighted by Crippen LogP contribution is 2.38. The summed E-state index contributed by atoms with van der Waals surface area (Å²) in [6.45, 7) is 2.87. The predicted molar refractivity (Wildman–Crippen MR) is 92.4 cm³/mol. The van der Waals surface area contributed by atoms with Crippen LogP contribution in [0.5, 0.6) is 0 Å². The van der Waals surface area contributed by atoms with Gasteiger partial charge < -0.3 is 14.5 Å². The monoisotopic (exact) mass is 359 g/mol. The number of aryl methyl sites for hydroxylation is 2. The Morgan fingerprint density at radius 1 is 1.46 bits per heavy atom. The van der Waals surface area contributed by atoms with Crippen LogP contribution in [0, 0.1) is 6.92 Å². The van der Waals surface area contributed by atoms with Crippen LogP contribution < -0.4 is 0 Å². The molecule has 1 saturated carbocycles. The summed E-state index contributed by atoms with van der Waals surface area (Å²) in [5, 5.41) is 19.3. The van der Waals surface area contributed by atoms with Gasteiger partial charge in [0.05, 0.1) is 24.1 Å². The van der Waals surface area contributed by atoms with Crippen molar-refractivity contribution in [1.82, 2.24) is 24.8 Å². The van der Waals surface area contributed by atoms with Gasteiger partial charge >= 0.3 is 0 Å². The van der Waals surface area contributed by atoms with Gasteiger partial charge in [-0.2, -0.15) is 10.1 Å². The summed E-state index contributed by atoms with van der Waals surface area (Å²) >= 11 is 0. The molecule has 8 nitrogen and oxygen atoms in total. The number of carbonyl (C=O) groups is 1. The Labute approximate surface area is 152 Å². The molecule has 1 aliphatic heterocycles. The van der Waals surface area contributed by atoms with E-state index in [4.69, 9.17) is 4.52 Å². The minimum Gasteiger partial charge on any atom is -0.388 e. The van der Waals surface area contributed by atoms with Gasteiger partial charge in [0.25, 0.3) is 0 Å². The highest BCUT2D eigenvalue weighted by atomic mass is 16.5. The van der Waals surface area contributed by atoms with Gasteiger partial charge in [0.1, 0.15) is 0 Å². The van der Waals surface area contributed by atoms with Crippen LogP contribution in [0.4, 0.5) is 0 Å². The Morgan fingerprint density at radius 3 is 2.96 bits per heavy atom. The van der Waals surface area contributed by atoms with Gasteiger partial charge in [-0.1, -0.05) is 5.16 Å². The maximum Gasteiger partial charge on any atom is 0.229 e. The molecule has 3 heterocycles. The molecule has 2 aliphatic rings. The predicted octanol–water partition coefficient (Wildman–Crippen LogP) is 1.13. The van der Waals surface area contributed by atoms with E-state index < -0.39 is 5.60 Å². The molecule has 0 bridgehead atoms. The molecule has 140 valence electrons. The first kappa shape index (κ1) is 17.2. The second-order valence-electron chi connectivity index (χ2n) is 7.73. The van der Waals surface area contributed by atoms with Crippen LogP contribution in [0.3, 0.4) is 0 Å². The van der Waals surface area contributed by atoms with Crippen LogP contribution in [0.1, 0.15) is 54.6 Å². The number of amides is 1. The number of piperidine rings is 1. The molecule has 1 atom stereocenters. The molecule has 1 N–H and O–H groups in total. The van der Waals surface area contributed by atoms with Crippen LogP contribution >= 0.6 is 0 Å². The van der Waals surface area contributed by atoms with E-state index in [9.17, 15) is 9.90 Å². The summed E-state index contributed by atoms with van der Waals surface area (Å²) in [5.74, 6) is 1.66. The van der Waals surface area contributed by atoms with E-state index in [1.807, 2.05) is 20.2 Å². The molecule has 1 aliphatic carbocycles. The van der Waals surface area contributed by atoms with Gasteiger partial charge in [0, 0.05) is 37.8 Å². The molecule has 1 saturated heterocycles. The average molecular weight is 359 g/mol. The Kier molecular flexibility index (Phi) is 4.30. The lowest BCUT2D eigenvalue weighted by Gasteiger charge is -2.38. The lowest BCUT2D eigenvalue weighted by molar-refractivity contribution is -0.137. The third kappa shape index (κ3) is 3.65. The summed E-state index contributed by atoms with van der Waals surface area (Å²) < 4.78 is 7.03. The van der Waals surface area contributed by atoms with Crippen molar-refractivity contribution in [2.75, 3.05) is 13.1 Å². The van der Waals surface area contributed by atoms with Gasteiger partial charge in [-0.25, -0.2) is 0 Å². The lowest BCUT2D eigenvalue weighted by atomic mass is 9.89. The zero-order chi connectivity index (χ0) is 18.3. The zero-order valence-electron chi connectivity index (χ0n) is 15.3. The second kappa shape index (κ2) is 6.50. The van der Waals surface area contributed by atoms with Crippen molar-refractivity contribution in [3.8, 4) is 0 Å². The molecule has 2 fully saturated rings. The number of rotatable bonds is 5. The quantitative estimate of drug-likeness (QED) is 0.859. The van der Waals surface area contributed by atoms with Crippen LogP contribution in [0.25, 0.3) is 0 Å². The third-order valence-electron chi connectivity index (χ3n) is 5.27. The Hall–Kier alpha value is -2.22. The van der Waals surface area contributed by atoms with Crippen molar-refractivity contribution in [3.05, 3.63) is 29.2 Å². The Balaban J connectivity index is 1.40. The molecule has 0 radical (unpaired) electrons. The highest BCUT2D eigenvalue weighted by Gasteiger charge is 2.38. The van der Waals surface area contributed by atoms with Gasteiger partial charge in [-0.15, -0.1) is 0 Å². The summed E-state index contributed by atoms with van der Waals surface area (Å²) in [5.41, 5.74) is 0.787. The molecule has 1 unspecified atom stereocenters. The van der Waals surface area contributed by atoms with Crippen molar-refractivity contribution in [2.45, 2.75) is 57.0 Å². The smallest absolute Gasteiger partial charge is 0.229 e. The summed E-state index contributed by atoms with van der Waals surface area (Å²) in [7, 11) is 1.85. The standard InChI is InChI=1S/C18H25N5O3/c1-12-14(10-22(2)20-12)8-16(24)23-7-3-6-18(25,11-23)9-15-19-17(21-26-15)13-4-5-13/h10,13,25H,3-9,11H2,1-2H3. The molecule has 1 amide bonds. The molecule has 2 aromatic heterocycles. The number of hydrogen-bond donors (Lipinski definition) is 1. The molecule has 4 rings (SSSR count).